The minimum atomic E-state index is -0.641. The van der Waals surface area contributed by atoms with Crippen LogP contribution in [0.3, 0.4) is 0 Å². The van der Waals surface area contributed by atoms with Crippen molar-refractivity contribution in [1.29, 1.82) is 0 Å². The molecule has 1 atom stereocenters. The van der Waals surface area contributed by atoms with Gasteiger partial charge in [0.25, 0.3) is 0 Å². The summed E-state index contributed by atoms with van der Waals surface area (Å²) in [5.74, 6) is 0.0909. The fourth-order valence-electron chi connectivity index (χ4n) is 4.56. The number of likely N-dealkylation sites (tertiary alicyclic amines) is 1. The Morgan fingerprint density at radius 3 is 2.48 bits per heavy atom. The molecule has 1 aliphatic carbocycles. The maximum Gasteiger partial charge on any atom is 0.225 e. The normalized spacial score (nSPS) is 23.0. The minimum Gasteiger partial charge on any atom is -0.369 e. The molecule has 1 aromatic heterocycles. The lowest BCUT2D eigenvalue weighted by atomic mass is 9.80. The Morgan fingerprint density at radius 2 is 1.85 bits per heavy atom. The lowest BCUT2D eigenvalue weighted by Crippen LogP contribution is -2.43. The third-order valence-electron chi connectivity index (χ3n) is 6.24. The fraction of sp³-hybridized carbons (Fsp3) is 0.455. The van der Waals surface area contributed by atoms with Gasteiger partial charge in [0.1, 0.15) is 0 Å². The number of amides is 2. The molecule has 142 valence electrons. The van der Waals surface area contributed by atoms with Gasteiger partial charge in [-0.2, -0.15) is 11.3 Å². The second-order valence-electron chi connectivity index (χ2n) is 8.02. The molecule has 2 fully saturated rings. The zero-order chi connectivity index (χ0) is 18.9. The first-order valence-corrected chi connectivity index (χ1v) is 10.7. The predicted molar refractivity (Wildman–Crippen MR) is 108 cm³/mol. The predicted octanol–water partition coefficient (Wildman–Crippen LogP) is 3.85. The average molecular weight is 383 g/mol. The van der Waals surface area contributed by atoms with E-state index in [1.54, 1.807) is 11.3 Å². The van der Waals surface area contributed by atoms with Gasteiger partial charge >= 0.3 is 0 Å². The SMILES string of the molecule is NC(=O)[C@@]1(Cc2ccc(-c3ccsc3)cc2)CCN(C(=O)C2CCCC2)C1. The summed E-state index contributed by atoms with van der Waals surface area (Å²) in [5.41, 5.74) is 8.68. The number of rotatable bonds is 5. The van der Waals surface area contributed by atoms with E-state index in [-0.39, 0.29) is 17.7 Å². The molecule has 0 spiro atoms. The first kappa shape index (κ1) is 18.2. The lowest BCUT2D eigenvalue weighted by molar-refractivity contribution is -0.135. The van der Waals surface area contributed by atoms with Gasteiger partial charge in [0.15, 0.2) is 0 Å². The number of nitrogens with zero attached hydrogens (tertiary/aromatic N) is 1. The molecule has 4 rings (SSSR count). The van der Waals surface area contributed by atoms with Gasteiger partial charge in [-0.25, -0.2) is 0 Å². The van der Waals surface area contributed by atoms with E-state index in [4.69, 9.17) is 5.73 Å². The second kappa shape index (κ2) is 7.47. The Kier molecular flexibility index (Phi) is 5.04. The highest BCUT2D eigenvalue weighted by Gasteiger charge is 2.45. The molecule has 0 unspecified atom stereocenters. The van der Waals surface area contributed by atoms with Crippen LogP contribution >= 0.6 is 11.3 Å². The number of hydrogen-bond acceptors (Lipinski definition) is 3. The molecule has 1 saturated carbocycles. The first-order chi connectivity index (χ1) is 13.1. The van der Waals surface area contributed by atoms with Gasteiger partial charge in [0.2, 0.25) is 11.8 Å². The van der Waals surface area contributed by atoms with Crippen LogP contribution in [0.2, 0.25) is 0 Å². The molecular formula is C22H26N2O2S. The van der Waals surface area contributed by atoms with E-state index in [0.717, 1.165) is 31.2 Å². The number of carbonyl (C=O) groups excluding carboxylic acids is 2. The van der Waals surface area contributed by atoms with E-state index in [1.165, 1.54) is 11.1 Å². The van der Waals surface area contributed by atoms with Gasteiger partial charge < -0.3 is 10.6 Å². The van der Waals surface area contributed by atoms with Crippen molar-refractivity contribution in [1.82, 2.24) is 4.90 Å². The molecule has 2 aliphatic rings. The van der Waals surface area contributed by atoms with Crippen LogP contribution in [0.5, 0.6) is 0 Å². The van der Waals surface area contributed by atoms with Crippen molar-refractivity contribution in [2.45, 2.75) is 38.5 Å². The van der Waals surface area contributed by atoms with Crippen LogP contribution in [-0.4, -0.2) is 29.8 Å². The molecule has 2 N–H and O–H groups in total. The van der Waals surface area contributed by atoms with Gasteiger partial charge in [-0.15, -0.1) is 0 Å². The zero-order valence-electron chi connectivity index (χ0n) is 15.5. The maximum absolute atomic E-state index is 12.8. The van der Waals surface area contributed by atoms with Crippen molar-refractivity contribution in [2.24, 2.45) is 17.1 Å². The summed E-state index contributed by atoms with van der Waals surface area (Å²) in [6, 6.07) is 10.5. The van der Waals surface area contributed by atoms with E-state index in [1.807, 2.05) is 4.90 Å². The van der Waals surface area contributed by atoms with Crippen LogP contribution in [0.25, 0.3) is 11.1 Å². The highest BCUT2D eigenvalue weighted by atomic mass is 32.1. The monoisotopic (exact) mass is 382 g/mol. The molecule has 1 aliphatic heterocycles. The van der Waals surface area contributed by atoms with E-state index in [0.29, 0.717) is 25.9 Å². The van der Waals surface area contributed by atoms with Crippen molar-refractivity contribution >= 4 is 23.2 Å². The molecule has 27 heavy (non-hydrogen) atoms. The van der Waals surface area contributed by atoms with Crippen LogP contribution in [-0.2, 0) is 16.0 Å². The van der Waals surface area contributed by atoms with Crippen LogP contribution in [0.1, 0.15) is 37.7 Å². The second-order valence-corrected chi connectivity index (χ2v) is 8.80. The number of hydrogen-bond donors (Lipinski definition) is 1. The Labute approximate surface area is 164 Å². The summed E-state index contributed by atoms with van der Waals surface area (Å²) in [7, 11) is 0. The van der Waals surface area contributed by atoms with Crippen molar-refractivity contribution in [3.8, 4) is 11.1 Å². The zero-order valence-corrected chi connectivity index (χ0v) is 16.3. The molecule has 1 saturated heterocycles. The number of carbonyl (C=O) groups is 2. The topological polar surface area (TPSA) is 63.4 Å². The summed E-state index contributed by atoms with van der Waals surface area (Å²) in [5, 5.41) is 4.20. The van der Waals surface area contributed by atoms with Gasteiger partial charge in [-0.05, 0) is 59.2 Å². The molecule has 2 heterocycles. The van der Waals surface area contributed by atoms with Crippen LogP contribution in [0.4, 0.5) is 0 Å². The standard InChI is InChI=1S/C22H26N2O2S/c23-21(26)22(10-11-24(15-22)20(25)18-3-1-2-4-18)13-16-5-7-17(8-6-16)19-9-12-27-14-19/h5-9,12,14,18H,1-4,10-11,13,15H2,(H2,23,26)/t22-/m1/s1. The quantitative estimate of drug-likeness (QED) is 0.854. The maximum atomic E-state index is 12.8. The summed E-state index contributed by atoms with van der Waals surface area (Å²) < 4.78 is 0. The van der Waals surface area contributed by atoms with Gasteiger partial charge in [-0.3, -0.25) is 9.59 Å². The average Bonchev–Trinajstić information content (AvgIpc) is 3.43. The minimum absolute atomic E-state index is 0.151. The third kappa shape index (κ3) is 3.65. The molecular weight excluding hydrogens is 356 g/mol. The molecule has 4 nitrogen and oxygen atoms in total. The highest BCUT2D eigenvalue weighted by molar-refractivity contribution is 7.08. The van der Waals surface area contributed by atoms with Crippen LogP contribution < -0.4 is 5.73 Å². The van der Waals surface area contributed by atoms with Crippen molar-refractivity contribution < 1.29 is 9.59 Å². The first-order valence-electron chi connectivity index (χ1n) is 9.78. The van der Waals surface area contributed by atoms with Crippen molar-refractivity contribution in [2.75, 3.05) is 13.1 Å². The number of thiophene rings is 1. The molecule has 0 bridgehead atoms. The largest absolute Gasteiger partial charge is 0.369 e. The van der Waals surface area contributed by atoms with Crippen molar-refractivity contribution in [3.63, 3.8) is 0 Å². The summed E-state index contributed by atoms with van der Waals surface area (Å²) in [6.07, 6.45) is 5.52. The highest BCUT2D eigenvalue weighted by Crippen LogP contribution is 2.37. The van der Waals surface area contributed by atoms with E-state index >= 15 is 0 Å². The summed E-state index contributed by atoms with van der Waals surface area (Å²) in [6.45, 7) is 1.11. The van der Waals surface area contributed by atoms with Crippen molar-refractivity contribution in [3.05, 3.63) is 46.7 Å². The Morgan fingerprint density at radius 1 is 1.11 bits per heavy atom. The molecule has 1 aromatic carbocycles. The summed E-state index contributed by atoms with van der Waals surface area (Å²) >= 11 is 1.68. The Bertz CT molecular complexity index is 809. The molecule has 5 heteroatoms. The molecule has 2 aromatic rings. The Hall–Kier alpha value is -2.14. The van der Waals surface area contributed by atoms with Gasteiger partial charge in [0, 0.05) is 19.0 Å². The number of primary amides is 1. The number of benzene rings is 1. The lowest BCUT2D eigenvalue weighted by Gasteiger charge is -2.27. The third-order valence-corrected chi connectivity index (χ3v) is 6.93. The molecule has 0 radical (unpaired) electrons. The van der Waals surface area contributed by atoms with E-state index in [2.05, 4.69) is 41.1 Å². The van der Waals surface area contributed by atoms with Crippen LogP contribution in [0.15, 0.2) is 41.1 Å². The fourth-order valence-corrected chi connectivity index (χ4v) is 5.22. The van der Waals surface area contributed by atoms with E-state index < -0.39 is 5.41 Å². The molecule has 2 amide bonds. The number of nitrogens with two attached hydrogens (primary N) is 1. The van der Waals surface area contributed by atoms with Gasteiger partial charge in [0.05, 0.1) is 5.41 Å². The van der Waals surface area contributed by atoms with Crippen LogP contribution in [0, 0.1) is 11.3 Å². The van der Waals surface area contributed by atoms with E-state index in [9.17, 15) is 9.59 Å². The summed E-state index contributed by atoms with van der Waals surface area (Å²) in [4.78, 5) is 27.0. The smallest absolute Gasteiger partial charge is 0.225 e. The van der Waals surface area contributed by atoms with Gasteiger partial charge in [-0.1, -0.05) is 37.1 Å². The Balaban J connectivity index is 1.48.